The molecule has 0 aliphatic carbocycles. The molecule has 0 radical (unpaired) electrons. The Labute approximate surface area is 139 Å². The normalized spacial score (nSPS) is 13.3. The van der Waals surface area contributed by atoms with Gasteiger partial charge in [-0.1, -0.05) is 17.7 Å². The third kappa shape index (κ3) is 3.46. The van der Waals surface area contributed by atoms with Crippen LogP contribution in [0.5, 0.6) is 0 Å². The molecule has 1 aliphatic heterocycles. The number of fused-ring (bicyclic) bond motifs is 1. The van der Waals surface area contributed by atoms with E-state index in [1.807, 2.05) is 18.2 Å². The number of halogens is 1. The number of carbonyl (C=O) groups is 2. The predicted molar refractivity (Wildman–Crippen MR) is 89.5 cm³/mol. The molecular formula is C17H16ClN3O2. The van der Waals surface area contributed by atoms with Crippen LogP contribution in [0.2, 0.25) is 5.02 Å². The monoisotopic (exact) mass is 329 g/mol. The number of benzene rings is 2. The highest BCUT2D eigenvalue weighted by Crippen LogP contribution is 2.23. The molecule has 0 atom stereocenters. The van der Waals surface area contributed by atoms with Crippen LogP contribution in [0.3, 0.4) is 0 Å². The predicted octanol–water partition coefficient (Wildman–Crippen LogP) is 3.03. The summed E-state index contributed by atoms with van der Waals surface area (Å²) < 4.78 is 0. The van der Waals surface area contributed by atoms with Crippen LogP contribution in [-0.2, 0) is 13.0 Å². The van der Waals surface area contributed by atoms with Gasteiger partial charge in [0.2, 0.25) is 5.91 Å². The summed E-state index contributed by atoms with van der Waals surface area (Å²) in [7, 11) is 0. The first kappa shape index (κ1) is 15.4. The number of anilines is 1. The van der Waals surface area contributed by atoms with Gasteiger partial charge < -0.3 is 16.0 Å². The topological polar surface area (TPSA) is 75.4 Å². The maximum atomic E-state index is 12.4. The van der Waals surface area contributed by atoms with Crippen molar-refractivity contribution in [3.05, 3.63) is 64.2 Å². The van der Waals surface area contributed by atoms with E-state index >= 15 is 0 Å². The highest BCUT2D eigenvalue weighted by molar-refractivity contribution is 6.30. The van der Waals surface area contributed by atoms with Gasteiger partial charge in [-0.15, -0.1) is 0 Å². The lowest BCUT2D eigenvalue weighted by Gasteiger charge is -2.29. The van der Waals surface area contributed by atoms with Gasteiger partial charge in [0, 0.05) is 29.4 Å². The Kier molecular flexibility index (Phi) is 4.21. The molecule has 6 heteroatoms. The van der Waals surface area contributed by atoms with Crippen molar-refractivity contribution in [1.82, 2.24) is 4.90 Å². The van der Waals surface area contributed by atoms with Crippen LogP contribution in [0, 0.1) is 0 Å². The SMILES string of the molecule is NC(=O)c1ccc(NC(=O)N2CCc3ccc(Cl)cc3C2)cc1. The molecule has 3 N–H and O–H groups in total. The number of urea groups is 1. The number of hydrogen-bond acceptors (Lipinski definition) is 2. The minimum Gasteiger partial charge on any atom is -0.366 e. The Morgan fingerprint density at radius 2 is 1.83 bits per heavy atom. The van der Waals surface area contributed by atoms with Crippen molar-refractivity contribution in [2.24, 2.45) is 5.73 Å². The average Bonchev–Trinajstić information content (AvgIpc) is 2.54. The second kappa shape index (κ2) is 6.30. The van der Waals surface area contributed by atoms with Gasteiger partial charge in [-0.05, 0) is 53.9 Å². The van der Waals surface area contributed by atoms with Gasteiger partial charge in [0.15, 0.2) is 0 Å². The molecule has 23 heavy (non-hydrogen) atoms. The molecule has 118 valence electrons. The lowest BCUT2D eigenvalue weighted by molar-refractivity contribution is 0.100. The lowest BCUT2D eigenvalue weighted by Crippen LogP contribution is -2.38. The standard InChI is InChI=1S/C17H16ClN3O2/c18-14-4-1-11-7-8-21(10-13(11)9-14)17(23)20-15-5-2-12(3-6-15)16(19)22/h1-6,9H,7-8,10H2,(H2,19,22)(H,20,23). The van der Waals surface area contributed by atoms with Gasteiger partial charge in [-0.25, -0.2) is 4.79 Å². The number of nitrogens with one attached hydrogen (secondary N) is 1. The fourth-order valence-corrected chi connectivity index (χ4v) is 2.81. The molecule has 3 rings (SSSR count). The molecule has 0 aromatic heterocycles. The number of rotatable bonds is 2. The van der Waals surface area contributed by atoms with Crippen molar-refractivity contribution in [2.45, 2.75) is 13.0 Å². The minimum atomic E-state index is -0.493. The van der Waals surface area contributed by atoms with E-state index in [4.69, 9.17) is 17.3 Å². The zero-order valence-corrected chi connectivity index (χ0v) is 13.1. The Balaban J connectivity index is 1.68. The van der Waals surface area contributed by atoms with Crippen LogP contribution in [0.1, 0.15) is 21.5 Å². The summed E-state index contributed by atoms with van der Waals surface area (Å²) in [6.07, 6.45) is 0.806. The number of carbonyl (C=O) groups excluding carboxylic acids is 2. The van der Waals surface area contributed by atoms with Gasteiger partial charge in [-0.2, -0.15) is 0 Å². The van der Waals surface area contributed by atoms with E-state index in [1.54, 1.807) is 29.2 Å². The molecule has 0 fully saturated rings. The zero-order chi connectivity index (χ0) is 16.4. The first-order chi connectivity index (χ1) is 11.0. The van der Waals surface area contributed by atoms with Crippen molar-refractivity contribution >= 4 is 29.2 Å². The highest BCUT2D eigenvalue weighted by Gasteiger charge is 2.20. The summed E-state index contributed by atoms with van der Waals surface area (Å²) in [6.45, 7) is 1.18. The van der Waals surface area contributed by atoms with Crippen molar-refractivity contribution in [2.75, 3.05) is 11.9 Å². The zero-order valence-electron chi connectivity index (χ0n) is 12.4. The summed E-state index contributed by atoms with van der Waals surface area (Å²) in [4.78, 5) is 25.1. The third-order valence-corrected chi connectivity index (χ3v) is 4.12. The van der Waals surface area contributed by atoms with Gasteiger partial charge in [-0.3, -0.25) is 4.79 Å². The van der Waals surface area contributed by atoms with Crippen LogP contribution < -0.4 is 11.1 Å². The molecule has 0 spiro atoms. The van der Waals surface area contributed by atoms with Crippen LogP contribution in [-0.4, -0.2) is 23.4 Å². The molecule has 5 nitrogen and oxygen atoms in total. The van der Waals surface area contributed by atoms with Crippen LogP contribution in [0.25, 0.3) is 0 Å². The molecule has 2 aromatic carbocycles. The van der Waals surface area contributed by atoms with Crippen molar-refractivity contribution in [3.8, 4) is 0 Å². The summed E-state index contributed by atoms with van der Waals surface area (Å²) >= 11 is 6.02. The first-order valence-corrected chi connectivity index (χ1v) is 7.64. The van der Waals surface area contributed by atoms with Crippen molar-refractivity contribution in [1.29, 1.82) is 0 Å². The molecule has 0 bridgehead atoms. The molecule has 1 aliphatic rings. The molecule has 0 unspecified atom stereocenters. The van der Waals surface area contributed by atoms with Gasteiger partial charge >= 0.3 is 6.03 Å². The maximum Gasteiger partial charge on any atom is 0.322 e. The second-order valence-electron chi connectivity index (χ2n) is 5.46. The van der Waals surface area contributed by atoms with E-state index in [-0.39, 0.29) is 6.03 Å². The minimum absolute atomic E-state index is 0.178. The van der Waals surface area contributed by atoms with E-state index < -0.39 is 5.91 Å². The molecule has 1 heterocycles. The summed E-state index contributed by atoms with van der Waals surface area (Å²) in [5, 5.41) is 3.50. The maximum absolute atomic E-state index is 12.4. The molecule has 0 saturated heterocycles. The van der Waals surface area contributed by atoms with Crippen molar-refractivity contribution in [3.63, 3.8) is 0 Å². The average molecular weight is 330 g/mol. The fourth-order valence-electron chi connectivity index (χ4n) is 2.62. The number of amides is 3. The lowest BCUT2D eigenvalue weighted by atomic mass is 10.0. The number of nitrogens with zero attached hydrogens (tertiary/aromatic N) is 1. The van der Waals surface area contributed by atoms with E-state index in [0.717, 1.165) is 12.0 Å². The number of primary amides is 1. The Hall–Kier alpha value is -2.53. The number of nitrogens with two attached hydrogens (primary N) is 1. The van der Waals surface area contributed by atoms with Crippen LogP contribution in [0.15, 0.2) is 42.5 Å². The van der Waals surface area contributed by atoms with Gasteiger partial charge in [0.1, 0.15) is 0 Å². The Morgan fingerprint density at radius 3 is 2.52 bits per heavy atom. The Bertz CT molecular complexity index is 759. The van der Waals surface area contributed by atoms with E-state index in [2.05, 4.69) is 5.32 Å². The fraction of sp³-hybridized carbons (Fsp3) is 0.176. The van der Waals surface area contributed by atoms with E-state index in [9.17, 15) is 9.59 Å². The van der Waals surface area contributed by atoms with E-state index in [1.165, 1.54) is 5.56 Å². The van der Waals surface area contributed by atoms with Gasteiger partial charge in [0.25, 0.3) is 0 Å². The van der Waals surface area contributed by atoms with E-state index in [0.29, 0.717) is 29.4 Å². The molecule has 2 aromatic rings. The summed E-state index contributed by atoms with van der Waals surface area (Å²) in [5.74, 6) is -0.493. The smallest absolute Gasteiger partial charge is 0.322 e. The molecule has 3 amide bonds. The van der Waals surface area contributed by atoms with Crippen LogP contribution in [0.4, 0.5) is 10.5 Å². The van der Waals surface area contributed by atoms with Crippen molar-refractivity contribution < 1.29 is 9.59 Å². The quantitative estimate of drug-likeness (QED) is 0.888. The summed E-state index contributed by atoms with van der Waals surface area (Å²) in [6, 6.07) is 12.1. The second-order valence-corrected chi connectivity index (χ2v) is 5.89. The van der Waals surface area contributed by atoms with Crippen LogP contribution >= 0.6 is 11.6 Å². The number of hydrogen-bond donors (Lipinski definition) is 2. The largest absolute Gasteiger partial charge is 0.366 e. The molecule has 0 saturated carbocycles. The summed E-state index contributed by atoms with van der Waals surface area (Å²) in [5.41, 5.74) is 8.52. The van der Waals surface area contributed by atoms with Gasteiger partial charge in [0.05, 0.1) is 0 Å². The highest BCUT2D eigenvalue weighted by atomic mass is 35.5. The Morgan fingerprint density at radius 1 is 1.09 bits per heavy atom. The third-order valence-electron chi connectivity index (χ3n) is 3.89. The molecular weight excluding hydrogens is 314 g/mol. The first-order valence-electron chi connectivity index (χ1n) is 7.26.